The number of nitrogens with one attached hydrogen (secondary N) is 1. The Kier molecular flexibility index (Phi) is 4.65. The molecule has 1 aromatic heterocycles. The van der Waals surface area contributed by atoms with Gasteiger partial charge in [0.1, 0.15) is 0 Å². The van der Waals surface area contributed by atoms with Crippen molar-refractivity contribution in [2.24, 2.45) is 0 Å². The first-order valence-corrected chi connectivity index (χ1v) is 9.61. The maximum Gasteiger partial charge on any atom is 0.209 e. The molecule has 1 aliphatic rings. The number of benzene rings is 2. The third kappa shape index (κ3) is 3.81. The summed E-state index contributed by atoms with van der Waals surface area (Å²) in [4.78, 5) is 2.40. The Bertz CT molecular complexity index is 927. The van der Waals surface area contributed by atoms with Crippen molar-refractivity contribution in [1.82, 2.24) is 14.7 Å². The summed E-state index contributed by atoms with van der Waals surface area (Å²) in [6.07, 6.45) is 1.09. The molecule has 4 rings (SSSR count). The van der Waals surface area contributed by atoms with E-state index in [-0.39, 0.29) is 0 Å². The molecule has 6 heteroatoms. The second kappa shape index (κ2) is 7.07. The van der Waals surface area contributed by atoms with Crippen molar-refractivity contribution in [3.63, 3.8) is 0 Å². The van der Waals surface area contributed by atoms with E-state index in [1.165, 1.54) is 28.0 Å². The van der Waals surface area contributed by atoms with Crippen LogP contribution < -0.4 is 5.32 Å². The molecule has 25 heavy (non-hydrogen) atoms. The van der Waals surface area contributed by atoms with E-state index in [9.17, 15) is 0 Å². The summed E-state index contributed by atoms with van der Waals surface area (Å²) in [5, 5.41) is 8.84. The number of aryl methyl sites for hydroxylation is 1. The molecule has 0 saturated heterocycles. The molecule has 3 aromatic rings. The summed E-state index contributed by atoms with van der Waals surface area (Å²) >= 11 is 7.02. The number of fused-ring (bicyclic) bond motifs is 1. The van der Waals surface area contributed by atoms with E-state index in [4.69, 9.17) is 12.2 Å². The highest BCUT2D eigenvalue weighted by Crippen LogP contribution is 2.23. The highest BCUT2D eigenvalue weighted by atomic mass is 32.1. The summed E-state index contributed by atoms with van der Waals surface area (Å²) in [7, 11) is 0. The van der Waals surface area contributed by atoms with Gasteiger partial charge in [0.25, 0.3) is 0 Å². The normalized spacial score (nSPS) is 14.3. The molecule has 1 aliphatic heterocycles. The molecule has 2 aromatic carbocycles. The lowest BCUT2D eigenvalue weighted by Crippen LogP contribution is -2.32. The van der Waals surface area contributed by atoms with Gasteiger partial charge in [-0.1, -0.05) is 53.3 Å². The maximum absolute atomic E-state index is 5.51. The first-order valence-electron chi connectivity index (χ1n) is 8.38. The third-order valence-corrected chi connectivity index (χ3v) is 5.68. The molecule has 0 unspecified atom stereocenters. The Morgan fingerprint density at radius 3 is 2.68 bits per heavy atom. The van der Waals surface area contributed by atoms with Crippen molar-refractivity contribution >= 4 is 34.4 Å². The summed E-state index contributed by atoms with van der Waals surface area (Å²) in [5.41, 5.74) is 5.15. The average Bonchev–Trinajstić information content (AvgIpc) is 2.96. The molecule has 0 spiro atoms. The molecule has 0 saturated carbocycles. The fourth-order valence-corrected chi connectivity index (χ4v) is 4.08. The van der Waals surface area contributed by atoms with Crippen molar-refractivity contribution in [2.75, 3.05) is 11.9 Å². The Morgan fingerprint density at radius 2 is 1.88 bits per heavy atom. The number of nitrogens with zero attached hydrogens (tertiary/aromatic N) is 3. The van der Waals surface area contributed by atoms with Crippen LogP contribution in [-0.4, -0.2) is 21.2 Å². The van der Waals surface area contributed by atoms with Gasteiger partial charge in [-0.3, -0.25) is 4.90 Å². The van der Waals surface area contributed by atoms with E-state index in [1.807, 2.05) is 4.68 Å². The molecular weight excluding hydrogens is 348 g/mol. The van der Waals surface area contributed by atoms with Gasteiger partial charge in [-0.25, -0.2) is 4.68 Å². The predicted molar refractivity (Wildman–Crippen MR) is 106 cm³/mol. The van der Waals surface area contributed by atoms with Crippen LogP contribution in [0.15, 0.2) is 48.5 Å². The summed E-state index contributed by atoms with van der Waals surface area (Å²) in [6, 6.07) is 17.0. The van der Waals surface area contributed by atoms with Crippen LogP contribution in [0.3, 0.4) is 0 Å². The highest BCUT2D eigenvalue weighted by molar-refractivity contribution is 7.73. The molecule has 4 nitrogen and oxygen atoms in total. The number of hydrogen-bond acceptors (Lipinski definition) is 5. The highest BCUT2D eigenvalue weighted by Gasteiger charge is 2.17. The molecule has 0 atom stereocenters. The van der Waals surface area contributed by atoms with Crippen LogP contribution >= 0.6 is 23.6 Å². The standard InChI is InChI=1S/C19H20N4S2/c1-14-6-8-17(9-7-14)20-18-21-23(19(24)25-18)13-22-11-10-15-4-2-3-5-16(15)12-22/h2-9H,10-13H2,1H3,(H,20,21). The van der Waals surface area contributed by atoms with Crippen LogP contribution in [0.25, 0.3) is 0 Å². The van der Waals surface area contributed by atoms with E-state index in [0.29, 0.717) is 0 Å². The van der Waals surface area contributed by atoms with E-state index >= 15 is 0 Å². The third-order valence-electron chi connectivity index (χ3n) is 4.45. The Morgan fingerprint density at radius 1 is 1.12 bits per heavy atom. The lowest BCUT2D eigenvalue weighted by Gasteiger charge is -2.28. The van der Waals surface area contributed by atoms with Crippen molar-refractivity contribution in [3.05, 3.63) is 69.2 Å². The fraction of sp³-hybridized carbons (Fsp3) is 0.263. The van der Waals surface area contributed by atoms with Gasteiger partial charge in [-0.15, -0.1) is 5.10 Å². The van der Waals surface area contributed by atoms with Gasteiger partial charge >= 0.3 is 0 Å². The van der Waals surface area contributed by atoms with Gasteiger partial charge in [0.15, 0.2) is 3.95 Å². The molecule has 0 fully saturated rings. The fourth-order valence-electron chi connectivity index (χ4n) is 3.07. The smallest absolute Gasteiger partial charge is 0.209 e. The maximum atomic E-state index is 5.51. The van der Waals surface area contributed by atoms with E-state index in [1.54, 1.807) is 0 Å². The van der Waals surface area contributed by atoms with E-state index in [0.717, 1.165) is 41.0 Å². The van der Waals surface area contributed by atoms with Crippen molar-refractivity contribution < 1.29 is 0 Å². The van der Waals surface area contributed by atoms with Crippen LogP contribution in [0.5, 0.6) is 0 Å². The molecule has 2 heterocycles. The topological polar surface area (TPSA) is 33.1 Å². The van der Waals surface area contributed by atoms with Gasteiger partial charge in [0.05, 0.1) is 6.67 Å². The zero-order chi connectivity index (χ0) is 17.2. The predicted octanol–water partition coefficient (Wildman–Crippen LogP) is 4.74. The van der Waals surface area contributed by atoms with E-state index < -0.39 is 0 Å². The van der Waals surface area contributed by atoms with Gasteiger partial charge in [0.2, 0.25) is 5.13 Å². The SMILES string of the molecule is Cc1ccc(Nc2nn(CN3CCc4ccccc4C3)c(=S)s2)cc1. The van der Waals surface area contributed by atoms with Crippen molar-refractivity contribution in [2.45, 2.75) is 26.6 Å². The monoisotopic (exact) mass is 368 g/mol. The molecule has 0 amide bonds. The zero-order valence-corrected chi connectivity index (χ0v) is 15.7. The van der Waals surface area contributed by atoms with Crippen LogP contribution in [0.2, 0.25) is 0 Å². The van der Waals surface area contributed by atoms with Crippen LogP contribution in [0, 0.1) is 10.9 Å². The molecule has 0 bridgehead atoms. The minimum Gasteiger partial charge on any atom is -0.330 e. The van der Waals surface area contributed by atoms with Crippen LogP contribution in [0.1, 0.15) is 16.7 Å². The molecule has 128 valence electrons. The number of rotatable bonds is 4. The molecule has 0 radical (unpaired) electrons. The lowest BCUT2D eigenvalue weighted by atomic mass is 10.0. The molecule has 1 N–H and O–H groups in total. The summed E-state index contributed by atoms with van der Waals surface area (Å²) < 4.78 is 2.72. The first-order chi connectivity index (χ1) is 12.2. The van der Waals surface area contributed by atoms with Gasteiger partial charge in [-0.05, 0) is 48.8 Å². The average molecular weight is 369 g/mol. The molecule has 0 aliphatic carbocycles. The number of aromatic nitrogens is 2. The second-order valence-corrected chi connectivity index (χ2v) is 8.00. The Labute approximate surface area is 156 Å². The minimum absolute atomic E-state index is 0.735. The van der Waals surface area contributed by atoms with Crippen LogP contribution in [0.4, 0.5) is 10.8 Å². The van der Waals surface area contributed by atoms with Gasteiger partial charge in [-0.2, -0.15) is 0 Å². The van der Waals surface area contributed by atoms with Crippen LogP contribution in [-0.2, 0) is 19.6 Å². The number of anilines is 2. The Hall–Kier alpha value is -2.02. The lowest BCUT2D eigenvalue weighted by molar-refractivity contribution is 0.189. The van der Waals surface area contributed by atoms with Crippen molar-refractivity contribution in [1.29, 1.82) is 0 Å². The Balaban J connectivity index is 1.46. The van der Waals surface area contributed by atoms with Gasteiger partial charge < -0.3 is 5.32 Å². The summed E-state index contributed by atoms with van der Waals surface area (Å²) in [6.45, 7) is 4.81. The van der Waals surface area contributed by atoms with E-state index in [2.05, 4.69) is 70.8 Å². The summed E-state index contributed by atoms with van der Waals surface area (Å²) in [5.74, 6) is 0. The largest absolute Gasteiger partial charge is 0.330 e. The van der Waals surface area contributed by atoms with Gasteiger partial charge in [0, 0.05) is 18.8 Å². The second-order valence-electron chi connectivity index (χ2n) is 6.38. The first kappa shape index (κ1) is 16.4. The number of hydrogen-bond donors (Lipinski definition) is 1. The minimum atomic E-state index is 0.735. The molecular formula is C19H20N4S2. The van der Waals surface area contributed by atoms with Crippen molar-refractivity contribution in [3.8, 4) is 0 Å². The zero-order valence-electron chi connectivity index (χ0n) is 14.1. The quantitative estimate of drug-likeness (QED) is 0.674.